The Labute approximate surface area is 141 Å². The minimum Gasteiger partial charge on any atom is -0.369 e. The van der Waals surface area contributed by atoms with Crippen molar-refractivity contribution in [2.75, 3.05) is 42.9 Å². The molecule has 0 atom stereocenters. The Hall–Kier alpha value is -2.47. The molecule has 0 saturated carbocycles. The number of nitrogens with zero attached hydrogens (tertiary/aromatic N) is 3. The van der Waals surface area contributed by atoms with Gasteiger partial charge in [0.1, 0.15) is 11.5 Å². The monoisotopic (exact) mass is 328 g/mol. The standard InChI is InChI=1S/C18H21FN4O/c1-2-22-8-10-23(11-9-22)16-6-7-20-17(13-16)18(24)21-15-5-3-4-14(19)12-15/h3-7,12-13H,2,8-11H2,1H3,(H,21,24). The summed E-state index contributed by atoms with van der Waals surface area (Å²) in [5.74, 6) is -0.724. The smallest absolute Gasteiger partial charge is 0.274 e. The van der Waals surface area contributed by atoms with Crippen LogP contribution in [0.15, 0.2) is 42.6 Å². The molecule has 5 nitrogen and oxygen atoms in total. The Morgan fingerprint density at radius 3 is 2.71 bits per heavy atom. The van der Waals surface area contributed by atoms with Gasteiger partial charge in [0.15, 0.2) is 0 Å². The molecule has 1 N–H and O–H groups in total. The third kappa shape index (κ3) is 3.89. The summed E-state index contributed by atoms with van der Waals surface area (Å²) in [7, 11) is 0. The van der Waals surface area contributed by atoms with Gasteiger partial charge in [-0.2, -0.15) is 0 Å². The Balaban J connectivity index is 1.69. The highest BCUT2D eigenvalue weighted by atomic mass is 19.1. The first-order valence-electron chi connectivity index (χ1n) is 8.16. The lowest BCUT2D eigenvalue weighted by Gasteiger charge is -2.35. The van der Waals surface area contributed by atoms with Crippen molar-refractivity contribution in [3.8, 4) is 0 Å². The molecule has 126 valence electrons. The maximum atomic E-state index is 13.2. The van der Waals surface area contributed by atoms with Crippen LogP contribution in [-0.2, 0) is 0 Å². The van der Waals surface area contributed by atoms with Crippen LogP contribution in [0.4, 0.5) is 15.8 Å². The number of carbonyl (C=O) groups excluding carboxylic acids is 1. The minimum absolute atomic E-state index is 0.328. The predicted octanol–water partition coefficient (Wildman–Crippen LogP) is 2.61. The summed E-state index contributed by atoms with van der Waals surface area (Å²) in [6, 6.07) is 9.53. The van der Waals surface area contributed by atoms with Crippen LogP contribution in [0, 0.1) is 5.82 Å². The Kier molecular flexibility index (Phi) is 5.05. The number of hydrogen-bond donors (Lipinski definition) is 1. The first kappa shape index (κ1) is 16.4. The number of hydrogen-bond acceptors (Lipinski definition) is 4. The number of rotatable bonds is 4. The molecule has 1 aromatic carbocycles. The summed E-state index contributed by atoms with van der Waals surface area (Å²) in [5.41, 5.74) is 1.74. The predicted molar refractivity (Wildman–Crippen MR) is 92.9 cm³/mol. The zero-order valence-corrected chi connectivity index (χ0v) is 13.7. The lowest BCUT2D eigenvalue weighted by atomic mass is 10.2. The highest BCUT2D eigenvalue weighted by Crippen LogP contribution is 2.18. The molecule has 1 aromatic heterocycles. The average molecular weight is 328 g/mol. The maximum Gasteiger partial charge on any atom is 0.274 e. The van der Waals surface area contributed by atoms with Crippen LogP contribution in [0.1, 0.15) is 17.4 Å². The fourth-order valence-electron chi connectivity index (χ4n) is 2.82. The van der Waals surface area contributed by atoms with Gasteiger partial charge in [0.05, 0.1) is 0 Å². The number of carbonyl (C=O) groups is 1. The van der Waals surface area contributed by atoms with E-state index >= 15 is 0 Å². The molecular formula is C18H21FN4O. The molecule has 1 amide bonds. The van der Waals surface area contributed by atoms with E-state index in [0.717, 1.165) is 38.4 Å². The van der Waals surface area contributed by atoms with E-state index in [0.29, 0.717) is 11.4 Å². The van der Waals surface area contributed by atoms with Gasteiger partial charge < -0.3 is 15.1 Å². The summed E-state index contributed by atoms with van der Waals surface area (Å²) in [5, 5.41) is 2.68. The van der Waals surface area contributed by atoms with E-state index in [1.807, 2.05) is 6.07 Å². The molecule has 1 aliphatic heterocycles. The van der Waals surface area contributed by atoms with Crippen LogP contribution in [0.25, 0.3) is 0 Å². The van der Waals surface area contributed by atoms with E-state index in [1.165, 1.54) is 12.1 Å². The van der Waals surface area contributed by atoms with Crippen molar-refractivity contribution in [2.45, 2.75) is 6.92 Å². The molecule has 3 rings (SSSR count). The van der Waals surface area contributed by atoms with Crippen molar-refractivity contribution >= 4 is 17.3 Å². The zero-order chi connectivity index (χ0) is 16.9. The first-order chi connectivity index (χ1) is 11.7. The Morgan fingerprint density at radius 2 is 2.00 bits per heavy atom. The summed E-state index contributed by atoms with van der Waals surface area (Å²) in [6.45, 7) is 7.13. The highest BCUT2D eigenvalue weighted by Gasteiger charge is 2.17. The van der Waals surface area contributed by atoms with Gasteiger partial charge in [0.25, 0.3) is 5.91 Å². The van der Waals surface area contributed by atoms with Crippen molar-refractivity contribution in [1.82, 2.24) is 9.88 Å². The highest BCUT2D eigenvalue weighted by molar-refractivity contribution is 6.03. The molecule has 0 aliphatic carbocycles. The zero-order valence-electron chi connectivity index (χ0n) is 13.7. The number of halogens is 1. The van der Waals surface area contributed by atoms with Crippen molar-refractivity contribution in [3.05, 3.63) is 54.1 Å². The second kappa shape index (κ2) is 7.40. The lowest BCUT2D eigenvalue weighted by Crippen LogP contribution is -2.46. The van der Waals surface area contributed by atoms with Gasteiger partial charge in [-0.3, -0.25) is 9.78 Å². The van der Waals surface area contributed by atoms with Crippen molar-refractivity contribution in [2.24, 2.45) is 0 Å². The van der Waals surface area contributed by atoms with Gasteiger partial charge in [-0.15, -0.1) is 0 Å². The molecule has 0 unspecified atom stereocenters. The summed E-state index contributed by atoms with van der Waals surface area (Å²) in [6.07, 6.45) is 1.64. The van der Waals surface area contributed by atoms with Crippen molar-refractivity contribution in [3.63, 3.8) is 0 Å². The molecule has 0 spiro atoms. The third-order valence-electron chi connectivity index (χ3n) is 4.24. The van der Waals surface area contributed by atoms with Crippen LogP contribution in [0.3, 0.4) is 0 Å². The molecule has 24 heavy (non-hydrogen) atoms. The summed E-state index contributed by atoms with van der Waals surface area (Å²) >= 11 is 0. The molecule has 0 radical (unpaired) electrons. The van der Waals surface area contributed by atoms with E-state index in [2.05, 4.69) is 27.0 Å². The van der Waals surface area contributed by atoms with Crippen LogP contribution in [0.2, 0.25) is 0 Å². The third-order valence-corrected chi connectivity index (χ3v) is 4.24. The van der Waals surface area contributed by atoms with E-state index in [1.54, 1.807) is 24.4 Å². The van der Waals surface area contributed by atoms with Crippen molar-refractivity contribution < 1.29 is 9.18 Å². The van der Waals surface area contributed by atoms with Crippen LogP contribution in [0.5, 0.6) is 0 Å². The number of piperazine rings is 1. The normalized spacial score (nSPS) is 15.3. The number of aromatic nitrogens is 1. The average Bonchev–Trinajstić information content (AvgIpc) is 2.62. The quantitative estimate of drug-likeness (QED) is 0.937. The van der Waals surface area contributed by atoms with Gasteiger partial charge in [0.2, 0.25) is 0 Å². The van der Waals surface area contributed by atoms with Crippen LogP contribution in [-0.4, -0.2) is 48.5 Å². The molecule has 0 bridgehead atoms. The summed E-state index contributed by atoms with van der Waals surface area (Å²) < 4.78 is 13.2. The van der Waals surface area contributed by atoms with E-state index in [4.69, 9.17) is 0 Å². The molecule has 1 saturated heterocycles. The number of pyridine rings is 1. The van der Waals surface area contributed by atoms with E-state index in [9.17, 15) is 9.18 Å². The first-order valence-corrected chi connectivity index (χ1v) is 8.16. The number of nitrogens with one attached hydrogen (secondary N) is 1. The van der Waals surface area contributed by atoms with Gasteiger partial charge in [-0.05, 0) is 36.9 Å². The van der Waals surface area contributed by atoms with Crippen molar-refractivity contribution in [1.29, 1.82) is 0 Å². The van der Waals surface area contributed by atoms with Gasteiger partial charge in [-0.25, -0.2) is 4.39 Å². The number of anilines is 2. The topological polar surface area (TPSA) is 48.5 Å². The van der Waals surface area contributed by atoms with Gasteiger partial charge in [0, 0.05) is 43.8 Å². The van der Waals surface area contributed by atoms with Crippen LogP contribution >= 0.6 is 0 Å². The number of amides is 1. The fraction of sp³-hybridized carbons (Fsp3) is 0.333. The fourth-order valence-corrected chi connectivity index (χ4v) is 2.82. The molecule has 6 heteroatoms. The maximum absolute atomic E-state index is 13.2. The number of benzene rings is 1. The Bertz CT molecular complexity index is 714. The van der Waals surface area contributed by atoms with E-state index < -0.39 is 0 Å². The van der Waals surface area contributed by atoms with Crippen LogP contribution < -0.4 is 10.2 Å². The second-order valence-electron chi connectivity index (χ2n) is 5.79. The molecule has 2 heterocycles. The Morgan fingerprint density at radius 1 is 1.21 bits per heavy atom. The van der Waals surface area contributed by atoms with E-state index in [-0.39, 0.29) is 11.7 Å². The second-order valence-corrected chi connectivity index (χ2v) is 5.79. The molecule has 2 aromatic rings. The minimum atomic E-state index is -0.386. The van der Waals surface area contributed by atoms with Gasteiger partial charge in [-0.1, -0.05) is 13.0 Å². The molecular weight excluding hydrogens is 307 g/mol. The number of likely N-dealkylation sites (N-methyl/N-ethyl adjacent to an activating group) is 1. The van der Waals surface area contributed by atoms with Gasteiger partial charge >= 0.3 is 0 Å². The SMILES string of the molecule is CCN1CCN(c2ccnc(C(=O)Nc3cccc(F)c3)c2)CC1. The lowest BCUT2D eigenvalue weighted by molar-refractivity contribution is 0.102. The summed E-state index contributed by atoms with van der Waals surface area (Å²) in [4.78, 5) is 21.1. The molecule has 1 aliphatic rings. The molecule has 1 fully saturated rings. The largest absolute Gasteiger partial charge is 0.369 e.